The van der Waals surface area contributed by atoms with Crippen LogP contribution in [0.3, 0.4) is 0 Å². The normalized spacial score (nSPS) is 10.5. The number of carbonyl (C=O) groups is 1. The number of nitrogens with zero attached hydrogens (tertiary/aromatic N) is 1. The number of aromatic nitrogens is 1. The molecule has 0 aliphatic carbocycles. The summed E-state index contributed by atoms with van der Waals surface area (Å²) in [4.78, 5) is 16.3. The molecule has 1 aromatic carbocycles. The Hall–Kier alpha value is -1.77. The molecule has 2 aromatic rings. The van der Waals surface area contributed by atoms with Gasteiger partial charge in [0.05, 0.1) is 6.42 Å². The van der Waals surface area contributed by atoms with Crippen LogP contribution in [0.25, 0.3) is 10.9 Å². The predicted molar refractivity (Wildman–Crippen MR) is 60.7 cm³/mol. The SMILES string of the molecule is CN(C)C(=O)Cc1cccc2[nH]ccc12. The molecule has 1 N–H and O–H groups in total. The Balaban J connectivity index is 2.35. The molecule has 3 nitrogen and oxygen atoms in total. The summed E-state index contributed by atoms with van der Waals surface area (Å²) >= 11 is 0. The van der Waals surface area contributed by atoms with Crippen molar-refractivity contribution in [3.05, 3.63) is 36.0 Å². The quantitative estimate of drug-likeness (QED) is 0.792. The van der Waals surface area contributed by atoms with E-state index in [0.29, 0.717) is 6.42 Å². The number of likely N-dealkylation sites (N-methyl/N-ethyl adjacent to an activating group) is 1. The fourth-order valence-corrected chi connectivity index (χ4v) is 1.63. The average molecular weight is 202 g/mol. The van der Waals surface area contributed by atoms with E-state index >= 15 is 0 Å². The Morgan fingerprint density at radius 1 is 1.33 bits per heavy atom. The summed E-state index contributed by atoms with van der Waals surface area (Å²) in [5.74, 6) is 0.128. The highest BCUT2D eigenvalue weighted by Gasteiger charge is 2.08. The smallest absolute Gasteiger partial charge is 0.226 e. The monoisotopic (exact) mass is 202 g/mol. The number of amides is 1. The minimum absolute atomic E-state index is 0.128. The Morgan fingerprint density at radius 3 is 2.87 bits per heavy atom. The fourth-order valence-electron chi connectivity index (χ4n) is 1.63. The van der Waals surface area contributed by atoms with Gasteiger partial charge in [-0.25, -0.2) is 0 Å². The lowest BCUT2D eigenvalue weighted by Crippen LogP contribution is -2.23. The van der Waals surface area contributed by atoms with Gasteiger partial charge in [0.1, 0.15) is 0 Å². The van der Waals surface area contributed by atoms with Crippen LogP contribution in [0.5, 0.6) is 0 Å². The molecule has 0 bridgehead atoms. The van der Waals surface area contributed by atoms with Gasteiger partial charge < -0.3 is 9.88 Å². The largest absolute Gasteiger partial charge is 0.361 e. The summed E-state index contributed by atoms with van der Waals surface area (Å²) in [5, 5.41) is 1.13. The number of carbonyl (C=O) groups excluding carboxylic acids is 1. The number of aromatic amines is 1. The van der Waals surface area contributed by atoms with Crippen molar-refractivity contribution in [1.29, 1.82) is 0 Å². The van der Waals surface area contributed by atoms with Crippen LogP contribution in [0.1, 0.15) is 5.56 Å². The lowest BCUT2D eigenvalue weighted by atomic mass is 10.1. The van der Waals surface area contributed by atoms with E-state index in [1.54, 1.807) is 19.0 Å². The highest BCUT2D eigenvalue weighted by atomic mass is 16.2. The summed E-state index contributed by atoms with van der Waals surface area (Å²) in [6.07, 6.45) is 2.36. The van der Waals surface area contributed by atoms with Crippen molar-refractivity contribution in [2.75, 3.05) is 14.1 Å². The first kappa shape index (κ1) is 9.77. The third kappa shape index (κ3) is 1.86. The van der Waals surface area contributed by atoms with Crippen LogP contribution in [-0.4, -0.2) is 29.9 Å². The first-order valence-corrected chi connectivity index (χ1v) is 4.93. The Bertz CT molecular complexity index is 485. The van der Waals surface area contributed by atoms with E-state index < -0.39 is 0 Å². The van der Waals surface area contributed by atoms with E-state index in [4.69, 9.17) is 0 Å². The molecule has 0 spiro atoms. The van der Waals surface area contributed by atoms with Gasteiger partial charge in [0, 0.05) is 31.2 Å². The van der Waals surface area contributed by atoms with Crippen LogP contribution in [0.2, 0.25) is 0 Å². The standard InChI is InChI=1S/C12H14N2O/c1-14(2)12(15)8-9-4-3-5-11-10(9)6-7-13-11/h3-7,13H,8H2,1-2H3. The molecule has 0 fully saturated rings. The van der Waals surface area contributed by atoms with Crippen molar-refractivity contribution < 1.29 is 4.79 Å². The lowest BCUT2D eigenvalue weighted by molar-refractivity contribution is -0.127. The second kappa shape index (κ2) is 3.77. The van der Waals surface area contributed by atoms with Gasteiger partial charge in [-0.3, -0.25) is 4.79 Å². The number of nitrogens with one attached hydrogen (secondary N) is 1. The van der Waals surface area contributed by atoms with Crippen LogP contribution in [0, 0.1) is 0 Å². The zero-order valence-corrected chi connectivity index (χ0v) is 8.95. The molecular formula is C12H14N2O. The molecule has 0 atom stereocenters. The van der Waals surface area contributed by atoms with Gasteiger partial charge in [-0.2, -0.15) is 0 Å². The molecule has 78 valence electrons. The molecule has 1 heterocycles. The number of hydrogen-bond donors (Lipinski definition) is 1. The Kier molecular flexibility index (Phi) is 2.46. The zero-order valence-electron chi connectivity index (χ0n) is 8.95. The summed E-state index contributed by atoms with van der Waals surface area (Å²) < 4.78 is 0. The average Bonchev–Trinajstić information content (AvgIpc) is 2.66. The second-order valence-electron chi connectivity index (χ2n) is 3.82. The molecule has 2 rings (SSSR count). The van der Waals surface area contributed by atoms with Gasteiger partial charge in [-0.15, -0.1) is 0 Å². The van der Waals surface area contributed by atoms with Crippen molar-refractivity contribution in [3.63, 3.8) is 0 Å². The van der Waals surface area contributed by atoms with E-state index in [9.17, 15) is 4.79 Å². The topological polar surface area (TPSA) is 36.1 Å². The molecular weight excluding hydrogens is 188 g/mol. The zero-order chi connectivity index (χ0) is 10.8. The van der Waals surface area contributed by atoms with Crippen molar-refractivity contribution in [2.45, 2.75) is 6.42 Å². The van der Waals surface area contributed by atoms with Crippen LogP contribution >= 0.6 is 0 Å². The molecule has 15 heavy (non-hydrogen) atoms. The van der Waals surface area contributed by atoms with Gasteiger partial charge in [0.2, 0.25) is 5.91 Å². The number of hydrogen-bond acceptors (Lipinski definition) is 1. The van der Waals surface area contributed by atoms with Crippen molar-refractivity contribution in [1.82, 2.24) is 9.88 Å². The van der Waals surface area contributed by atoms with E-state index in [1.807, 2.05) is 30.5 Å². The maximum absolute atomic E-state index is 11.6. The van der Waals surface area contributed by atoms with Crippen LogP contribution in [-0.2, 0) is 11.2 Å². The highest BCUT2D eigenvalue weighted by molar-refractivity contribution is 5.88. The number of rotatable bonds is 2. The molecule has 0 unspecified atom stereocenters. The Morgan fingerprint density at radius 2 is 2.13 bits per heavy atom. The van der Waals surface area contributed by atoms with Crippen molar-refractivity contribution in [3.8, 4) is 0 Å². The van der Waals surface area contributed by atoms with E-state index in [2.05, 4.69) is 4.98 Å². The van der Waals surface area contributed by atoms with Crippen molar-refractivity contribution >= 4 is 16.8 Å². The molecule has 0 radical (unpaired) electrons. The molecule has 0 aliphatic rings. The summed E-state index contributed by atoms with van der Waals surface area (Å²) in [5.41, 5.74) is 2.16. The third-order valence-electron chi connectivity index (χ3n) is 2.53. The Labute approximate surface area is 88.7 Å². The maximum atomic E-state index is 11.6. The number of fused-ring (bicyclic) bond motifs is 1. The molecule has 0 aliphatic heterocycles. The molecule has 1 amide bonds. The van der Waals surface area contributed by atoms with Gasteiger partial charge in [0.15, 0.2) is 0 Å². The maximum Gasteiger partial charge on any atom is 0.226 e. The van der Waals surface area contributed by atoms with Gasteiger partial charge in [0.25, 0.3) is 0 Å². The molecule has 1 aromatic heterocycles. The van der Waals surface area contributed by atoms with E-state index in [1.165, 1.54) is 0 Å². The van der Waals surface area contributed by atoms with E-state index in [-0.39, 0.29) is 5.91 Å². The number of benzene rings is 1. The van der Waals surface area contributed by atoms with E-state index in [0.717, 1.165) is 16.5 Å². The van der Waals surface area contributed by atoms with Gasteiger partial charge >= 0.3 is 0 Å². The van der Waals surface area contributed by atoms with Gasteiger partial charge in [-0.1, -0.05) is 12.1 Å². The third-order valence-corrected chi connectivity index (χ3v) is 2.53. The number of H-pyrrole nitrogens is 1. The molecule has 3 heteroatoms. The fraction of sp³-hybridized carbons (Fsp3) is 0.250. The van der Waals surface area contributed by atoms with Crippen LogP contribution < -0.4 is 0 Å². The van der Waals surface area contributed by atoms with Crippen LogP contribution in [0.4, 0.5) is 0 Å². The lowest BCUT2D eigenvalue weighted by Gasteiger charge is -2.10. The molecule has 0 saturated heterocycles. The second-order valence-corrected chi connectivity index (χ2v) is 3.82. The first-order chi connectivity index (χ1) is 7.18. The minimum Gasteiger partial charge on any atom is -0.361 e. The predicted octanol–water partition coefficient (Wildman–Crippen LogP) is 1.80. The first-order valence-electron chi connectivity index (χ1n) is 4.93. The summed E-state index contributed by atoms with van der Waals surface area (Å²) in [7, 11) is 3.55. The minimum atomic E-state index is 0.128. The molecule has 0 saturated carbocycles. The summed E-state index contributed by atoms with van der Waals surface area (Å²) in [6, 6.07) is 7.99. The summed E-state index contributed by atoms with van der Waals surface area (Å²) in [6.45, 7) is 0. The van der Waals surface area contributed by atoms with Gasteiger partial charge in [-0.05, 0) is 17.7 Å². The highest BCUT2D eigenvalue weighted by Crippen LogP contribution is 2.18. The van der Waals surface area contributed by atoms with Crippen LogP contribution in [0.15, 0.2) is 30.5 Å². The van der Waals surface area contributed by atoms with Crippen molar-refractivity contribution in [2.24, 2.45) is 0 Å².